The van der Waals surface area contributed by atoms with Gasteiger partial charge in [-0.2, -0.15) is 0 Å². The van der Waals surface area contributed by atoms with Gasteiger partial charge in [-0.25, -0.2) is 0 Å². The monoisotopic (exact) mass is 142 g/mol. The number of rotatable bonds is 1. The van der Waals surface area contributed by atoms with Crippen LogP contribution in [0.2, 0.25) is 0 Å². The van der Waals surface area contributed by atoms with Crippen LogP contribution in [0.1, 0.15) is 0 Å². The molecule has 0 fully saturated rings. The number of carbonyl (C=O) groups excluding carboxylic acids is 1. The van der Waals surface area contributed by atoms with E-state index >= 15 is 0 Å². The molecule has 0 radical (unpaired) electrons. The molecule has 0 atom stereocenters. The maximum Gasteiger partial charge on any atom is 1.00 e. The van der Waals surface area contributed by atoms with Crippen molar-refractivity contribution in [3.63, 3.8) is 0 Å². The van der Waals surface area contributed by atoms with Crippen LogP contribution in [0, 0.1) is 0 Å². The molecule has 0 unspecified atom stereocenters. The average molecular weight is 142 g/mol. The molecule has 44 valence electrons. The molecule has 0 aromatic carbocycles. The van der Waals surface area contributed by atoms with Crippen molar-refractivity contribution in [2.45, 2.75) is 0 Å². The van der Waals surface area contributed by atoms with Gasteiger partial charge in [-0.3, -0.25) is 0 Å². The fraction of sp³-hybridized carbons (Fsp3) is 0. The fourth-order valence-corrected chi connectivity index (χ4v) is 1.59. The topological polar surface area (TPSA) is 40.1 Å². The van der Waals surface area contributed by atoms with Crippen LogP contribution < -0.4 is 24.0 Å². The largest absolute Gasteiger partial charge is 1.00 e. The molecule has 0 aliphatic heterocycles. The number of hydrogen-bond donors (Lipinski definition) is 0. The van der Waals surface area contributed by atoms with Gasteiger partial charge in [0.15, 0.2) is 0 Å². The van der Waals surface area contributed by atoms with E-state index in [-0.39, 0.29) is 18.9 Å². The first kappa shape index (κ1) is 9.83. The summed E-state index contributed by atoms with van der Waals surface area (Å²) in [5.74, 6) is 1.74. The van der Waals surface area contributed by atoms with E-state index in [0.29, 0.717) is 0 Å². The molecule has 0 bridgehead atoms. The van der Waals surface area contributed by atoms with Gasteiger partial charge in [0.05, 0.1) is 0 Å². The van der Waals surface area contributed by atoms with E-state index in [0.717, 1.165) is 0 Å². The number of carbonyl (C=O) groups is 1. The molecular weight excluding hydrogens is 138 g/mol. The Morgan fingerprint density at radius 3 is 2.50 bits per heavy atom. The second-order valence-electron chi connectivity index (χ2n) is 1.65. The maximum atomic E-state index is 10.2. The van der Waals surface area contributed by atoms with Crippen molar-refractivity contribution in [2.24, 2.45) is 0 Å². The van der Waals surface area contributed by atoms with E-state index in [4.69, 9.17) is 0 Å². The molecule has 0 amide bonds. The van der Waals surface area contributed by atoms with E-state index in [1.807, 2.05) is 0 Å². The van der Waals surface area contributed by atoms with Gasteiger partial charge in [-0.15, -0.1) is 0 Å². The van der Waals surface area contributed by atoms with Crippen molar-refractivity contribution in [2.75, 3.05) is 0 Å². The Morgan fingerprint density at radius 2 is 2.20 bits per heavy atom. The van der Waals surface area contributed by atoms with Crippen molar-refractivity contribution in [1.29, 1.82) is 0 Å². The molecule has 0 saturated carbocycles. The minimum Gasteiger partial charge on any atom is 1.00 e. The third kappa shape index (κ3) is 2.61. The smallest absolute Gasteiger partial charge is 1.00 e. The van der Waals surface area contributed by atoms with Crippen molar-refractivity contribution in [3.05, 3.63) is 23.8 Å². The summed E-state index contributed by atoms with van der Waals surface area (Å²) in [6, 6.07) is 3.54. The molecule has 1 aromatic rings. The molecule has 2 nitrogen and oxygen atoms in total. The van der Waals surface area contributed by atoms with Crippen molar-refractivity contribution >= 4 is 20.3 Å². The van der Waals surface area contributed by atoms with Crippen molar-refractivity contribution in [3.8, 4) is 0 Å². The second-order valence-corrected chi connectivity index (χ2v) is 3.64. The third-order valence-corrected chi connectivity index (χ3v) is 2.58. The van der Waals surface area contributed by atoms with E-state index in [1.165, 1.54) is 0 Å². The zero-order chi connectivity index (χ0) is 6.69. The molecule has 1 rings (SSSR count). The Bertz CT molecular complexity index is 216. The Hall–Kier alpha value is -0.171. The van der Waals surface area contributed by atoms with E-state index in [1.54, 1.807) is 30.3 Å². The molecule has 10 heavy (non-hydrogen) atoms. The van der Waals surface area contributed by atoms with Crippen molar-refractivity contribution < 1.29 is 28.8 Å². The molecule has 1 aromatic heterocycles. The summed E-state index contributed by atoms with van der Waals surface area (Å²) in [5, 5.41) is 10.2. The van der Waals surface area contributed by atoms with Crippen LogP contribution in [0.15, 0.2) is 23.8 Å². The van der Waals surface area contributed by atoms with Crippen LogP contribution in [0.5, 0.6) is 0 Å². The molecule has 0 saturated heterocycles. The zero-order valence-electron chi connectivity index (χ0n) is 5.70. The number of hydrogen-bond acceptors (Lipinski definition) is 2. The van der Waals surface area contributed by atoms with Gasteiger partial charge in [-0.1, -0.05) is 0 Å². The molecule has 0 aliphatic rings. The van der Waals surface area contributed by atoms with Crippen LogP contribution in [-0.2, 0) is 0 Å². The van der Waals surface area contributed by atoms with E-state index in [2.05, 4.69) is 0 Å². The van der Waals surface area contributed by atoms with Gasteiger partial charge in [-0.05, 0) is 0 Å². The Morgan fingerprint density at radius 1 is 1.50 bits per heavy atom. The molecule has 5 heteroatoms. The van der Waals surface area contributed by atoms with Gasteiger partial charge >= 0.3 is 72.9 Å². The van der Waals surface area contributed by atoms with Gasteiger partial charge in [0.2, 0.25) is 0 Å². The Labute approximate surface area is 73.1 Å². The third-order valence-electron chi connectivity index (χ3n) is 1.01. The summed E-state index contributed by atoms with van der Waals surface area (Å²) in [6.07, 6.45) is 0. The van der Waals surface area contributed by atoms with Crippen LogP contribution in [0.3, 0.4) is 0 Å². The first-order valence-electron chi connectivity index (χ1n) is 2.57. The van der Waals surface area contributed by atoms with Gasteiger partial charge < -0.3 is 0 Å². The first-order chi connectivity index (χ1) is 4.30. The SMILES string of the molecule is O=C([O-])[si]1bcccc1.[Li+]. The first-order valence-corrected chi connectivity index (χ1v) is 4.22. The van der Waals surface area contributed by atoms with Crippen LogP contribution in [0.4, 0.5) is 4.79 Å². The summed E-state index contributed by atoms with van der Waals surface area (Å²) in [5.41, 5.74) is 0.737. The summed E-state index contributed by atoms with van der Waals surface area (Å²) < 4.78 is 0. The zero-order valence-corrected chi connectivity index (χ0v) is 6.70. The van der Waals surface area contributed by atoms with Gasteiger partial charge in [0.1, 0.15) is 0 Å². The van der Waals surface area contributed by atoms with Crippen molar-refractivity contribution in [1.82, 2.24) is 0 Å². The molecule has 1 heterocycles. The van der Waals surface area contributed by atoms with Gasteiger partial charge in [0, 0.05) is 0 Å². The average Bonchev–Trinajstić information content (AvgIpc) is 1.90. The Kier molecular flexibility index (Phi) is 4.54. The minimum absolute atomic E-state index is 0. The van der Waals surface area contributed by atoms with E-state index in [9.17, 15) is 9.90 Å². The predicted molar refractivity (Wildman–Crippen MR) is 34.5 cm³/mol. The van der Waals surface area contributed by atoms with Crippen LogP contribution in [0.25, 0.3) is 0 Å². The number of carboxylic acid groups (broad SMARTS) is 1. The summed E-state index contributed by atoms with van der Waals surface area (Å²) >= 11 is 0. The second kappa shape index (κ2) is 4.61. The predicted octanol–water partition coefficient (Wildman–Crippen LogP) is -3.75. The molecule has 0 N–H and O–H groups in total. The van der Waals surface area contributed by atoms with E-state index < -0.39 is 13.9 Å². The normalized spacial score (nSPS) is 7.60. The quantitative estimate of drug-likeness (QED) is 0.378. The standard InChI is InChI=1S/C5H5BO2Si.Li/c7-5(8)9-4-2-1-3-6-9;/h1-4H,(H,7,8);/q;+1/p-1. The maximum absolute atomic E-state index is 10.2. The summed E-state index contributed by atoms with van der Waals surface area (Å²) in [4.78, 5) is 10.2. The molecular formula is C5H4BLiO2Si. The summed E-state index contributed by atoms with van der Waals surface area (Å²) in [7, 11) is -1.45. The van der Waals surface area contributed by atoms with Gasteiger partial charge in [0.25, 0.3) is 0 Å². The fourth-order valence-electron chi connectivity index (χ4n) is 0.574. The minimum atomic E-state index is -1.45. The van der Waals surface area contributed by atoms with Crippen LogP contribution in [-0.4, -0.2) is 20.3 Å². The Balaban J connectivity index is 0.000000810. The van der Waals surface area contributed by atoms with Crippen LogP contribution >= 0.6 is 0 Å². The summed E-state index contributed by atoms with van der Waals surface area (Å²) in [6.45, 7) is 1.68. The molecule has 0 spiro atoms. The molecule has 0 aliphatic carbocycles.